The zero-order valence-corrected chi connectivity index (χ0v) is 17.8. The first kappa shape index (κ1) is 20.8. The highest BCUT2D eigenvalue weighted by Crippen LogP contribution is 2.47. The minimum Gasteiger partial charge on any atom is -0.427 e. The van der Waals surface area contributed by atoms with E-state index in [2.05, 4.69) is 11.9 Å². The highest BCUT2D eigenvalue weighted by Gasteiger charge is 2.40. The summed E-state index contributed by atoms with van der Waals surface area (Å²) in [6.07, 6.45) is 6.05. The van der Waals surface area contributed by atoms with E-state index in [1.165, 1.54) is 0 Å². The Morgan fingerprint density at radius 2 is 1.93 bits per heavy atom. The number of carbonyl (C=O) groups excluding carboxylic acids is 2. The molecule has 0 atom stereocenters. The molecule has 1 aromatic rings. The van der Waals surface area contributed by atoms with Crippen LogP contribution in [0.5, 0.6) is 5.75 Å². The van der Waals surface area contributed by atoms with Gasteiger partial charge in [0.25, 0.3) is 0 Å². The van der Waals surface area contributed by atoms with Crippen LogP contribution in [0.4, 0.5) is 5.69 Å². The number of halogens is 2. The van der Waals surface area contributed by atoms with E-state index in [1.54, 1.807) is 18.2 Å². The third kappa shape index (κ3) is 3.94. The number of ether oxygens (including phenoxy) is 1. The van der Waals surface area contributed by atoms with Gasteiger partial charge in [0.2, 0.25) is 5.78 Å². The van der Waals surface area contributed by atoms with Crippen molar-refractivity contribution in [1.29, 1.82) is 0 Å². The van der Waals surface area contributed by atoms with Crippen molar-refractivity contribution < 1.29 is 14.3 Å². The SMILES string of the molecule is CCCCCCC(=O)Oc1ccc2c(c1)C(C)(C)C1=C(Cl)C(=O)C(Cl)=CC1=N2. The molecule has 0 unspecified atom stereocenters. The van der Waals surface area contributed by atoms with Gasteiger partial charge in [-0.25, -0.2) is 4.99 Å². The zero-order valence-electron chi connectivity index (χ0n) is 16.3. The van der Waals surface area contributed by atoms with Gasteiger partial charge >= 0.3 is 5.97 Å². The second-order valence-corrected chi connectivity index (χ2v) is 8.38. The Bertz CT molecular complexity index is 926. The molecule has 1 heterocycles. The Hall–Kier alpha value is -1.91. The molecule has 2 aliphatic rings. The number of benzene rings is 1. The number of carbonyl (C=O) groups is 2. The largest absolute Gasteiger partial charge is 0.427 e. The monoisotopic (exact) mass is 419 g/mol. The van der Waals surface area contributed by atoms with E-state index in [0.717, 1.165) is 36.9 Å². The van der Waals surface area contributed by atoms with Crippen LogP contribution in [0.3, 0.4) is 0 Å². The maximum Gasteiger partial charge on any atom is 0.311 e. The van der Waals surface area contributed by atoms with Gasteiger partial charge in [-0.2, -0.15) is 0 Å². The van der Waals surface area contributed by atoms with Gasteiger partial charge in [-0.05, 0) is 36.3 Å². The van der Waals surface area contributed by atoms with Crippen LogP contribution >= 0.6 is 23.2 Å². The molecule has 0 amide bonds. The van der Waals surface area contributed by atoms with Crippen molar-refractivity contribution >= 4 is 46.4 Å². The predicted octanol–water partition coefficient (Wildman–Crippen LogP) is 6.12. The van der Waals surface area contributed by atoms with Crippen molar-refractivity contribution in [3.05, 3.63) is 45.5 Å². The molecule has 0 N–H and O–H groups in total. The summed E-state index contributed by atoms with van der Waals surface area (Å²) in [5.74, 6) is -0.171. The van der Waals surface area contributed by atoms with Crippen LogP contribution in [0.25, 0.3) is 0 Å². The number of Topliss-reactive ketones (excluding diaryl/α,β-unsaturated/α-hetero) is 1. The molecule has 28 heavy (non-hydrogen) atoms. The summed E-state index contributed by atoms with van der Waals surface area (Å²) >= 11 is 12.3. The van der Waals surface area contributed by atoms with Crippen molar-refractivity contribution in [2.75, 3.05) is 0 Å². The molecule has 148 valence electrons. The van der Waals surface area contributed by atoms with E-state index in [0.29, 0.717) is 23.5 Å². The molecule has 0 bridgehead atoms. The van der Waals surface area contributed by atoms with Gasteiger partial charge in [-0.1, -0.05) is 63.2 Å². The van der Waals surface area contributed by atoms with Crippen LogP contribution in [-0.4, -0.2) is 17.5 Å². The highest BCUT2D eigenvalue weighted by molar-refractivity contribution is 6.58. The third-order valence-corrected chi connectivity index (χ3v) is 5.77. The molecule has 4 nitrogen and oxygen atoms in total. The lowest BCUT2D eigenvalue weighted by atomic mass is 9.71. The Balaban J connectivity index is 1.89. The van der Waals surface area contributed by atoms with Crippen molar-refractivity contribution in [2.45, 2.75) is 58.3 Å². The number of nitrogens with zero attached hydrogens (tertiary/aromatic N) is 1. The van der Waals surface area contributed by atoms with Gasteiger partial charge in [-0.15, -0.1) is 0 Å². The first-order valence-electron chi connectivity index (χ1n) is 9.52. The minimum absolute atomic E-state index is 0.0559. The molecule has 6 heteroatoms. The summed E-state index contributed by atoms with van der Waals surface area (Å²) in [6.45, 7) is 6.07. The number of ketones is 1. The molecule has 0 spiro atoms. The fourth-order valence-electron chi connectivity index (χ4n) is 3.59. The smallest absolute Gasteiger partial charge is 0.311 e. The number of allylic oxidation sites excluding steroid dienone is 4. The maximum atomic E-state index is 12.2. The number of unbranched alkanes of at least 4 members (excludes halogenated alkanes) is 3. The molecule has 0 fully saturated rings. The second-order valence-electron chi connectivity index (χ2n) is 7.60. The van der Waals surface area contributed by atoms with E-state index in [1.807, 2.05) is 19.9 Å². The Morgan fingerprint density at radius 3 is 2.64 bits per heavy atom. The minimum atomic E-state index is -0.587. The summed E-state index contributed by atoms with van der Waals surface area (Å²) in [7, 11) is 0. The topological polar surface area (TPSA) is 55.7 Å². The van der Waals surface area contributed by atoms with Crippen LogP contribution in [-0.2, 0) is 15.0 Å². The fourth-order valence-corrected chi connectivity index (χ4v) is 4.27. The summed E-state index contributed by atoms with van der Waals surface area (Å²) in [6, 6.07) is 5.35. The predicted molar refractivity (Wildman–Crippen MR) is 113 cm³/mol. The lowest BCUT2D eigenvalue weighted by molar-refractivity contribution is -0.134. The van der Waals surface area contributed by atoms with Crippen LogP contribution in [0.2, 0.25) is 0 Å². The maximum absolute atomic E-state index is 12.2. The lowest BCUT2D eigenvalue weighted by Gasteiger charge is -2.36. The summed E-state index contributed by atoms with van der Waals surface area (Å²) in [5, 5.41) is 0.139. The summed E-state index contributed by atoms with van der Waals surface area (Å²) in [4.78, 5) is 29.0. The average molecular weight is 420 g/mol. The Kier molecular flexibility index (Phi) is 6.11. The average Bonchev–Trinajstić information content (AvgIpc) is 2.63. The van der Waals surface area contributed by atoms with Crippen molar-refractivity contribution in [3.63, 3.8) is 0 Å². The molecule has 3 rings (SSSR count). The van der Waals surface area contributed by atoms with Crippen LogP contribution in [0.1, 0.15) is 58.4 Å². The summed E-state index contributed by atoms with van der Waals surface area (Å²) < 4.78 is 5.52. The van der Waals surface area contributed by atoms with Crippen LogP contribution in [0, 0.1) is 0 Å². The number of hydrogen-bond donors (Lipinski definition) is 0. The lowest BCUT2D eigenvalue weighted by Crippen LogP contribution is -2.32. The Labute approximate surface area is 175 Å². The molecule has 0 saturated carbocycles. The van der Waals surface area contributed by atoms with Crippen LogP contribution < -0.4 is 4.74 Å². The molecule has 1 aromatic carbocycles. The van der Waals surface area contributed by atoms with Gasteiger partial charge in [-0.3, -0.25) is 9.59 Å². The molecule has 1 aliphatic carbocycles. The van der Waals surface area contributed by atoms with Gasteiger partial charge in [0.15, 0.2) is 0 Å². The summed E-state index contributed by atoms with van der Waals surface area (Å²) in [5.41, 5.74) is 2.23. The van der Waals surface area contributed by atoms with E-state index in [9.17, 15) is 9.59 Å². The van der Waals surface area contributed by atoms with E-state index < -0.39 is 11.2 Å². The number of rotatable bonds is 6. The fraction of sp³-hybridized carbons (Fsp3) is 0.409. The van der Waals surface area contributed by atoms with Gasteiger partial charge in [0, 0.05) is 17.4 Å². The molecular weight excluding hydrogens is 397 g/mol. The molecule has 1 aliphatic heterocycles. The first-order valence-corrected chi connectivity index (χ1v) is 10.3. The molecule has 0 radical (unpaired) electrons. The zero-order chi connectivity index (χ0) is 20.5. The third-order valence-electron chi connectivity index (χ3n) is 5.13. The van der Waals surface area contributed by atoms with Gasteiger partial charge < -0.3 is 4.74 Å². The van der Waals surface area contributed by atoms with Crippen molar-refractivity contribution in [1.82, 2.24) is 0 Å². The van der Waals surface area contributed by atoms with Gasteiger partial charge in [0.05, 0.1) is 21.5 Å². The molecule has 0 saturated heterocycles. The highest BCUT2D eigenvalue weighted by atomic mass is 35.5. The normalized spacial score (nSPS) is 17.5. The number of hydrogen-bond acceptors (Lipinski definition) is 4. The van der Waals surface area contributed by atoms with Crippen molar-refractivity contribution in [2.24, 2.45) is 4.99 Å². The second kappa shape index (κ2) is 8.22. The van der Waals surface area contributed by atoms with Gasteiger partial charge in [0.1, 0.15) is 5.75 Å². The van der Waals surface area contributed by atoms with Crippen LogP contribution in [0.15, 0.2) is 44.9 Å². The first-order chi connectivity index (χ1) is 13.3. The quantitative estimate of drug-likeness (QED) is 0.241. The molecular formula is C22H23Cl2NO3. The van der Waals surface area contributed by atoms with E-state index >= 15 is 0 Å². The standard InChI is InChI=1S/C22H23Cl2NO3/c1-4-5-6-7-8-18(26)28-13-9-10-16-14(11-13)22(2,3)19-17(25-16)12-15(23)21(27)20(19)24/h9-12H,4-8H2,1-3H3. The number of fused-ring (bicyclic) bond motifs is 2. The van der Waals surface area contributed by atoms with E-state index in [4.69, 9.17) is 27.9 Å². The number of esters is 1. The van der Waals surface area contributed by atoms with E-state index in [-0.39, 0.29) is 16.0 Å². The van der Waals surface area contributed by atoms with Crippen molar-refractivity contribution in [3.8, 4) is 5.75 Å². The number of aliphatic imine (C=N–C) groups is 1. The molecule has 0 aromatic heterocycles. The Morgan fingerprint density at radius 1 is 1.18 bits per heavy atom.